The van der Waals surface area contributed by atoms with Gasteiger partial charge in [-0.05, 0) is 18.8 Å². The molecule has 1 N–H and O–H groups in total. The van der Waals surface area contributed by atoms with Gasteiger partial charge in [0, 0.05) is 23.4 Å². The molecule has 0 heterocycles. The van der Waals surface area contributed by atoms with Gasteiger partial charge < -0.3 is 5.11 Å². The van der Waals surface area contributed by atoms with Crippen molar-refractivity contribution in [2.75, 3.05) is 12.3 Å². The molecule has 1 saturated carbocycles. The monoisotopic (exact) mass is 390 g/mol. The molecule has 1 aliphatic carbocycles. The van der Waals surface area contributed by atoms with E-state index in [2.05, 4.69) is 5.10 Å². The molecule has 0 bridgehead atoms. The summed E-state index contributed by atoms with van der Waals surface area (Å²) in [5.74, 6) is -1.42. The summed E-state index contributed by atoms with van der Waals surface area (Å²) in [6.45, 7) is 1.22. The van der Waals surface area contributed by atoms with E-state index in [4.69, 9.17) is 5.11 Å². The quantitative estimate of drug-likeness (QED) is 0.540. The molecule has 27 heavy (non-hydrogen) atoms. The first-order valence-electron chi connectivity index (χ1n) is 9.27. The van der Waals surface area contributed by atoms with Gasteiger partial charge in [0.2, 0.25) is 11.0 Å². The second-order valence-electron chi connectivity index (χ2n) is 6.82. The van der Waals surface area contributed by atoms with Crippen LogP contribution in [0.3, 0.4) is 0 Å². The summed E-state index contributed by atoms with van der Waals surface area (Å²) in [4.78, 5) is 35.9. The maximum Gasteiger partial charge on any atom is 0.325 e. The Kier molecular flexibility index (Phi) is 8.51. The van der Waals surface area contributed by atoms with E-state index in [1.807, 2.05) is 6.07 Å². The Labute approximate surface area is 164 Å². The zero-order valence-electron chi connectivity index (χ0n) is 15.5. The molecular weight excluding hydrogens is 364 g/mol. The van der Waals surface area contributed by atoms with Gasteiger partial charge in [0.1, 0.15) is 6.54 Å². The Morgan fingerprint density at radius 1 is 1.22 bits per heavy atom. The van der Waals surface area contributed by atoms with E-state index in [1.54, 1.807) is 37.4 Å². The summed E-state index contributed by atoms with van der Waals surface area (Å²) in [7, 11) is 0. The molecule has 1 aromatic rings. The average molecular weight is 391 g/mol. The van der Waals surface area contributed by atoms with Crippen LogP contribution in [-0.2, 0) is 9.59 Å². The molecule has 2 rings (SSSR count). The highest BCUT2D eigenvalue weighted by atomic mass is 32.2. The van der Waals surface area contributed by atoms with E-state index in [0.717, 1.165) is 42.5 Å². The molecule has 6 nitrogen and oxygen atoms in total. The molecule has 1 unspecified atom stereocenters. The SMILES string of the molecule is CC(CSC(=O)c1ccccc1)C(=O)N(CC(=O)O)/N=C/C1CCCCC1. The number of hydrogen-bond acceptors (Lipinski definition) is 5. The summed E-state index contributed by atoms with van der Waals surface area (Å²) >= 11 is 1.06. The predicted molar refractivity (Wildman–Crippen MR) is 107 cm³/mol. The van der Waals surface area contributed by atoms with Crippen LogP contribution in [0.25, 0.3) is 0 Å². The summed E-state index contributed by atoms with van der Waals surface area (Å²) < 4.78 is 0. The molecule has 0 saturated heterocycles. The Morgan fingerprint density at radius 3 is 2.52 bits per heavy atom. The Hall–Kier alpha value is -2.15. The lowest BCUT2D eigenvalue weighted by atomic mass is 9.90. The Morgan fingerprint density at radius 2 is 1.89 bits per heavy atom. The van der Waals surface area contributed by atoms with Crippen LogP contribution in [0.1, 0.15) is 49.4 Å². The minimum absolute atomic E-state index is 0.106. The first-order valence-corrected chi connectivity index (χ1v) is 10.3. The van der Waals surface area contributed by atoms with Gasteiger partial charge in [0.25, 0.3) is 0 Å². The van der Waals surface area contributed by atoms with Crippen LogP contribution in [-0.4, -0.2) is 45.6 Å². The summed E-state index contributed by atoms with van der Waals surface area (Å²) in [5, 5.41) is 14.2. The third-order valence-corrected chi connectivity index (χ3v) is 5.67. The number of carboxylic acid groups (broad SMARTS) is 1. The van der Waals surface area contributed by atoms with Crippen LogP contribution in [0.4, 0.5) is 0 Å². The number of nitrogens with zero attached hydrogens (tertiary/aromatic N) is 2. The number of hydrazone groups is 1. The van der Waals surface area contributed by atoms with E-state index < -0.39 is 18.4 Å². The van der Waals surface area contributed by atoms with Crippen LogP contribution in [0.2, 0.25) is 0 Å². The lowest BCUT2D eigenvalue weighted by Gasteiger charge is -2.21. The molecule has 0 aliphatic heterocycles. The number of hydrogen-bond donors (Lipinski definition) is 1. The molecule has 146 valence electrons. The highest BCUT2D eigenvalue weighted by Crippen LogP contribution is 2.22. The molecule has 1 atom stereocenters. The minimum Gasteiger partial charge on any atom is -0.480 e. The normalized spacial score (nSPS) is 16.2. The van der Waals surface area contributed by atoms with E-state index in [0.29, 0.717) is 11.5 Å². The predicted octanol–water partition coefficient (Wildman–Crippen LogP) is 3.68. The zero-order valence-corrected chi connectivity index (χ0v) is 16.4. The van der Waals surface area contributed by atoms with Gasteiger partial charge in [-0.1, -0.05) is 68.3 Å². The van der Waals surface area contributed by atoms with Gasteiger partial charge in [-0.3, -0.25) is 14.4 Å². The third-order valence-electron chi connectivity index (χ3n) is 4.50. The summed E-state index contributed by atoms with van der Waals surface area (Å²) in [5.41, 5.74) is 0.583. The first kappa shape index (κ1) is 21.2. The van der Waals surface area contributed by atoms with Crippen molar-refractivity contribution in [2.45, 2.75) is 39.0 Å². The lowest BCUT2D eigenvalue weighted by molar-refractivity contribution is -0.145. The second-order valence-corrected chi connectivity index (χ2v) is 7.81. The fraction of sp³-hybridized carbons (Fsp3) is 0.500. The lowest BCUT2D eigenvalue weighted by Crippen LogP contribution is -2.36. The Balaban J connectivity index is 1.93. The van der Waals surface area contributed by atoms with Gasteiger partial charge >= 0.3 is 5.97 Å². The van der Waals surface area contributed by atoms with Crippen LogP contribution >= 0.6 is 11.8 Å². The van der Waals surface area contributed by atoms with Crippen LogP contribution in [0.15, 0.2) is 35.4 Å². The molecule has 0 radical (unpaired) electrons. The first-order chi connectivity index (χ1) is 13.0. The van der Waals surface area contributed by atoms with Crippen molar-refractivity contribution >= 4 is 35.0 Å². The third kappa shape index (κ3) is 7.17. The molecule has 7 heteroatoms. The molecular formula is C20H26N2O4S. The van der Waals surface area contributed by atoms with Crippen molar-refractivity contribution in [3.05, 3.63) is 35.9 Å². The number of benzene rings is 1. The molecule has 1 aromatic carbocycles. The highest BCUT2D eigenvalue weighted by Gasteiger charge is 2.24. The van der Waals surface area contributed by atoms with Crippen LogP contribution in [0.5, 0.6) is 0 Å². The largest absolute Gasteiger partial charge is 0.480 e. The number of carboxylic acids is 1. The maximum atomic E-state index is 12.6. The zero-order chi connectivity index (χ0) is 19.6. The molecule has 1 fully saturated rings. The number of carbonyl (C=O) groups is 3. The van der Waals surface area contributed by atoms with Crippen molar-refractivity contribution in [1.82, 2.24) is 5.01 Å². The summed E-state index contributed by atoms with van der Waals surface area (Å²) in [6, 6.07) is 8.87. The van der Waals surface area contributed by atoms with Crippen LogP contribution in [0, 0.1) is 11.8 Å². The van der Waals surface area contributed by atoms with Crippen molar-refractivity contribution in [2.24, 2.45) is 16.9 Å². The average Bonchev–Trinajstić information content (AvgIpc) is 2.69. The second kappa shape index (κ2) is 10.9. The molecule has 1 amide bonds. The van der Waals surface area contributed by atoms with Gasteiger partial charge in [-0.25, -0.2) is 5.01 Å². The number of amides is 1. The fourth-order valence-corrected chi connectivity index (χ4v) is 3.79. The van der Waals surface area contributed by atoms with Crippen molar-refractivity contribution < 1.29 is 19.5 Å². The smallest absolute Gasteiger partial charge is 0.325 e. The van der Waals surface area contributed by atoms with Crippen molar-refractivity contribution in [3.63, 3.8) is 0 Å². The van der Waals surface area contributed by atoms with Gasteiger partial charge in [-0.2, -0.15) is 5.10 Å². The Bertz CT molecular complexity index is 672. The number of aliphatic carboxylic acids is 1. The van der Waals surface area contributed by atoms with Crippen molar-refractivity contribution in [3.8, 4) is 0 Å². The molecule has 1 aliphatic rings. The van der Waals surface area contributed by atoms with Crippen LogP contribution < -0.4 is 0 Å². The van der Waals surface area contributed by atoms with Crippen molar-refractivity contribution in [1.29, 1.82) is 0 Å². The standard InChI is InChI=1S/C20H26N2O4S/c1-15(14-27-20(26)17-10-6-3-7-11-17)19(25)22(13-18(23)24)21-12-16-8-4-2-5-9-16/h3,6-7,10-12,15-16H,2,4-5,8-9,13-14H2,1H3,(H,23,24)/b21-12+. The van der Waals surface area contributed by atoms with E-state index >= 15 is 0 Å². The van der Waals surface area contributed by atoms with E-state index in [1.165, 1.54) is 6.42 Å². The number of carbonyl (C=O) groups excluding carboxylic acids is 2. The molecule has 0 aromatic heterocycles. The fourth-order valence-electron chi connectivity index (χ4n) is 2.95. The topological polar surface area (TPSA) is 87.0 Å². The van der Waals surface area contributed by atoms with E-state index in [-0.39, 0.29) is 16.8 Å². The van der Waals surface area contributed by atoms with Gasteiger partial charge in [-0.15, -0.1) is 0 Å². The summed E-state index contributed by atoms with van der Waals surface area (Å²) in [6.07, 6.45) is 7.25. The molecule has 0 spiro atoms. The number of thioether (sulfide) groups is 1. The highest BCUT2D eigenvalue weighted by molar-refractivity contribution is 8.14. The minimum atomic E-state index is -1.11. The number of rotatable bonds is 8. The van der Waals surface area contributed by atoms with E-state index in [9.17, 15) is 14.4 Å². The van der Waals surface area contributed by atoms with Gasteiger partial charge in [0.05, 0.1) is 0 Å². The maximum absolute atomic E-state index is 12.6. The van der Waals surface area contributed by atoms with Gasteiger partial charge in [0.15, 0.2) is 0 Å².